The van der Waals surface area contributed by atoms with Gasteiger partial charge in [-0.1, -0.05) is 5.11 Å². The van der Waals surface area contributed by atoms with E-state index in [1.165, 1.54) is 11.0 Å². The first-order valence-corrected chi connectivity index (χ1v) is 5.59. The van der Waals surface area contributed by atoms with Gasteiger partial charge in [-0.05, 0) is 30.5 Å². The van der Waals surface area contributed by atoms with Crippen LogP contribution in [0.3, 0.4) is 0 Å². The molecule has 2 heterocycles. The third-order valence-corrected chi connectivity index (χ3v) is 2.86. The summed E-state index contributed by atoms with van der Waals surface area (Å²) in [7, 11) is 0. The maximum Gasteiger partial charge on any atom is 0.228 e. The van der Waals surface area contributed by atoms with Gasteiger partial charge in [0.15, 0.2) is 11.6 Å². The Morgan fingerprint density at radius 2 is 2.44 bits per heavy atom. The van der Waals surface area contributed by atoms with Gasteiger partial charge in [0.05, 0.1) is 0 Å². The number of anilines is 1. The van der Waals surface area contributed by atoms with E-state index in [0.717, 1.165) is 5.69 Å². The average Bonchev–Trinajstić information content (AvgIpc) is 2.71. The maximum absolute atomic E-state index is 11.9. The highest BCUT2D eigenvalue weighted by Crippen LogP contribution is 2.30. The molecule has 1 atom stereocenters. The Balaban J connectivity index is 2.21. The number of hydrogen-bond donors (Lipinski definition) is 1. The molecule has 1 aromatic heterocycles. The number of aromatic hydroxyl groups is 1. The van der Waals surface area contributed by atoms with Crippen molar-refractivity contribution in [1.82, 2.24) is 4.98 Å². The fourth-order valence-electron chi connectivity index (χ4n) is 1.99. The number of amides is 1. The highest BCUT2D eigenvalue weighted by atomic mass is 16.3. The van der Waals surface area contributed by atoms with Crippen LogP contribution in [0.15, 0.2) is 17.2 Å². The maximum atomic E-state index is 11.9. The molecule has 7 heteroatoms. The molecule has 0 radical (unpaired) electrons. The van der Waals surface area contributed by atoms with Gasteiger partial charge in [-0.25, -0.2) is 4.98 Å². The molecule has 0 bridgehead atoms. The number of carbonyl (C=O) groups excluding carboxylic acids is 1. The van der Waals surface area contributed by atoms with Crippen molar-refractivity contribution in [2.24, 2.45) is 11.0 Å². The topological polar surface area (TPSA) is 102 Å². The van der Waals surface area contributed by atoms with E-state index in [-0.39, 0.29) is 29.9 Å². The molecule has 1 saturated heterocycles. The van der Waals surface area contributed by atoms with E-state index in [1.807, 2.05) is 0 Å². The molecular formula is C11H13N5O2. The van der Waals surface area contributed by atoms with Gasteiger partial charge in [0, 0.05) is 30.1 Å². The molecule has 1 N–H and O–H groups in total. The van der Waals surface area contributed by atoms with Crippen LogP contribution in [-0.4, -0.2) is 29.1 Å². The highest BCUT2D eigenvalue weighted by molar-refractivity contribution is 5.96. The largest absolute Gasteiger partial charge is 0.504 e. The molecule has 18 heavy (non-hydrogen) atoms. The van der Waals surface area contributed by atoms with E-state index in [2.05, 4.69) is 15.0 Å². The van der Waals surface area contributed by atoms with Crippen LogP contribution in [0.25, 0.3) is 10.4 Å². The highest BCUT2D eigenvalue weighted by Gasteiger charge is 2.32. The van der Waals surface area contributed by atoms with Crippen LogP contribution in [-0.2, 0) is 4.79 Å². The molecule has 1 amide bonds. The lowest BCUT2D eigenvalue weighted by molar-refractivity contribution is -0.117. The summed E-state index contributed by atoms with van der Waals surface area (Å²) in [6.45, 7) is 2.49. The predicted molar refractivity (Wildman–Crippen MR) is 65.1 cm³/mol. The monoisotopic (exact) mass is 247 g/mol. The van der Waals surface area contributed by atoms with Crippen molar-refractivity contribution in [1.29, 1.82) is 0 Å². The molecule has 1 aromatic rings. The van der Waals surface area contributed by atoms with Crippen molar-refractivity contribution >= 4 is 11.7 Å². The molecule has 1 aliphatic heterocycles. The standard InChI is InChI=1S/C11H13N5O2/c1-7-2-3-9(17)11(14-7)16-6-8(4-10(16)18)5-13-15-12/h2-3,8,17H,4-6H2,1H3. The molecule has 1 fully saturated rings. The molecule has 1 unspecified atom stereocenters. The minimum absolute atomic E-state index is 0.0154. The third-order valence-electron chi connectivity index (χ3n) is 2.86. The Labute approximate surface area is 104 Å². The van der Waals surface area contributed by atoms with Crippen molar-refractivity contribution in [3.63, 3.8) is 0 Å². The molecule has 0 spiro atoms. The number of hydrogen-bond acceptors (Lipinski definition) is 4. The fourth-order valence-corrected chi connectivity index (χ4v) is 1.99. The zero-order valence-corrected chi connectivity index (χ0v) is 9.94. The van der Waals surface area contributed by atoms with Gasteiger partial charge in [0.1, 0.15) is 0 Å². The summed E-state index contributed by atoms with van der Waals surface area (Å²) in [6, 6.07) is 3.20. The van der Waals surface area contributed by atoms with Crippen LogP contribution in [0.2, 0.25) is 0 Å². The number of aromatic nitrogens is 1. The molecule has 2 rings (SSSR count). The number of carbonyl (C=O) groups is 1. The van der Waals surface area contributed by atoms with Crippen LogP contribution in [0.1, 0.15) is 12.1 Å². The van der Waals surface area contributed by atoms with Gasteiger partial charge < -0.3 is 5.11 Å². The smallest absolute Gasteiger partial charge is 0.228 e. The minimum atomic E-state index is -0.110. The van der Waals surface area contributed by atoms with Gasteiger partial charge in [-0.15, -0.1) is 0 Å². The minimum Gasteiger partial charge on any atom is -0.504 e. The Morgan fingerprint density at radius 1 is 1.67 bits per heavy atom. The lowest BCUT2D eigenvalue weighted by Gasteiger charge is -2.16. The molecular weight excluding hydrogens is 234 g/mol. The van der Waals surface area contributed by atoms with Gasteiger partial charge in [0.25, 0.3) is 0 Å². The van der Waals surface area contributed by atoms with Crippen LogP contribution >= 0.6 is 0 Å². The second-order valence-corrected chi connectivity index (χ2v) is 4.28. The predicted octanol–water partition coefficient (Wildman–Crippen LogP) is 1.76. The molecule has 0 aromatic carbocycles. The normalized spacial score (nSPS) is 18.8. The summed E-state index contributed by atoms with van der Waals surface area (Å²) in [5, 5.41) is 13.2. The first kappa shape index (κ1) is 12.2. The number of aryl methyl sites for hydroxylation is 1. The van der Waals surface area contributed by atoms with Crippen LogP contribution in [0.5, 0.6) is 5.75 Å². The summed E-state index contributed by atoms with van der Waals surface area (Å²) >= 11 is 0. The Hall–Kier alpha value is -2.27. The van der Waals surface area contributed by atoms with E-state index in [4.69, 9.17) is 5.53 Å². The number of nitrogens with zero attached hydrogens (tertiary/aromatic N) is 5. The lowest BCUT2D eigenvalue weighted by Crippen LogP contribution is -2.26. The van der Waals surface area contributed by atoms with E-state index < -0.39 is 0 Å². The van der Waals surface area contributed by atoms with Crippen molar-refractivity contribution in [3.05, 3.63) is 28.3 Å². The number of rotatable bonds is 3. The average molecular weight is 247 g/mol. The van der Waals surface area contributed by atoms with Gasteiger partial charge in [-0.2, -0.15) is 0 Å². The van der Waals surface area contributed by atoms with E-state index in [9.17, 15) is 9.90 Å². The summed E-state index contributed by atoms with van der Waals surface area (Å²) in [5.41, 5.74) is 8.99. The summed E-state index contributed by atoms with van der Waals surface area (Å²) in [6.07, 6.45) is 0.314. The SMILES string of the molecule is Cc1ccc(O)c(N2CC(CN=[N+]=[N-])CC2=O)n1. The van der Waals surface area contributed by atoms with E-state index >= 15 is 0 Å². The van der Waals surface area contributed by atoms with E-state index in [1.54, 1.807) is 13.0 Å². The number of pyridine rings is 1. The van der Waals surface area contributed by atoms with Gasteiger partial charge in [0.2, 0.25) is 5.91 Å². The van der Waals surface area contributed by atoms with Gasteiger partial charge >= 0.3 is 0 Å². The Morgan fingerprint density at radius 3 is 3.17 bits per heavy atom. The zero-order chi connectivity index (χ0) is 13.1. The molecule has 1 aliphatic rings. The van der Waals surface area contributed by atoms with Crippen molar-refractivity contribution < 1.29 is 9.90 Å². The molecule has 0 aliphatic carbocycles. The number of azide groups is 1. The zero-order valence-electron chi connectivity index (χ0n) is 9.94. The van der Waals surface area contributed by atoms with Crippen LogP contribution < -0.4 is 4.90 Å². The summed E-state index contributed by atoms with van der Waals surface area (Å²) in [5.74, 6) is 0.137. The van der Waals surface area contributed by atoms with Crippen molar-refractivity contribution in [2.75, 3.05) is 18.0 Å². The van der Waals surface area contributed by atoms with E-state index in [0.29, 0.717) is 13.0 Å². The van der Waals surface area contributed by atoms with Crippen LogP contribution in [0, 0.1) is 12.8 Å². The molecule has 0 saturated carbocycles. The summed E-state index contributed by atoms with van der Waals surface area (Å²) < 4.78 is 0. The fraction of sp³-hybridized carbons (Fsp3) is 0.455. The Bertz CT molecular complexity index is 524. The first-order valence-electron chi connectivity index (χ1n) is 5.59. The lowest BCUT2D eigenvalue weighted by atomic mass is 10.1. The first-order chi connectivity index (χ1) is 8.61. The molecule has 94 valence electrons. The van der Waals surface area contributed by atoms with Gasteiger partial charge in [-0.3, -0.25) is 9.69 Å². The Kier molecular flexibility index (Phi) is 3.34. The summed E-state index contributed by atoms with van der Waals surface area (Å²) in [4.78, 5) is 20.2. The third kappa shape index (κ3) is 2.36. The second-order valence-electron chi connectivity index (χ2n) is 4.28. The second kappa shape index (κ2) is 4.93. The quantitative estimate of drug-likeness (QED) is 0.500. The van der Waals surface area contributed by atoms with Crippen LogP contribution in [0.4, 0.5) is 5.82 Å². The van der Waals surface area contributed by atoms with Crippen molar-refractivity contribution in [3.8, 4) is 5.75 Å². The van der Waals surface area contributed by atoms with Crippen molar-refractivity contribution in [2.45, 2.75) is 13.3 Å². The molecule has 7 nitrogen and oxygen atoms in total.